The summed E-state index contributed by atoms with van der Waals surface area (Å²) in [6.07, 6.45) is 31.9. The van der Waals surface area contributed by atoms with E-state index in [4.69, 9.17) is 0 Å². The summed E-state index contributed by atoms with van der Waals surface area (Å²) in [4.78, 5) is 24.7. The van der Waals surface area contributed by atoms with Crippen LogP contribution in [-0.4, -0.2) is 18.1 Å². The number of fused-ring (bicyclic) bond motifs is 1. The van der Waals surface area contributed by atoms with E-state index in [1.165, 1.54) is 141 Å². The number of carbonyl (C=O) groups is 2. The summed E-state index contributed by atoms with van der Waals surface area (Å²) in [5, 5.41) is 3.20. The number of Topliss-reactive ketones (excluding diaryl/α,β-unsaturated/α-hetero) is 1. The molecule has 0 heterocycles. The van der Waals surface area contributed by atoms with E-state index in [0.29, 0.717) is 16.8 Å². The van der Waals surface area contributed by atoms with Gasteiger partial charge in [0.05, 0.1) is 5.70 Å². The quantitative estimate of drug-likeness (QED) is 0.141. The van der Waals surface area contributed by atoms with Gasteiger partial charge in [0.25, 0.3) is 0 Å². The zero-order valence-electron chi connectivity index (χ0n) is 24.0. The second-order valence-electron chi connectivity index (χ2n) is 11.1. The Labute approximate surface area is 228 Å². The predicted octanol–water partition coefficient (Wildman–Crippen LogP) is 10.1. The van der Waals surface area contributed by atoms with Gasteiger partial charge in [-0.25, -0.2) is 0 Å². The van der Waals surface area contributed by atoms with Crippen LogP contribution < -0.4 is 5.32 Å². The van der Waals surface area contributed by atoms with Crippen LogP contribution in [0.2, 0.25) is 0 Å². The molecule has 0 bridgehead atoms. The number of allylic oxidation sites excluding steroid dienone is 2. The highest BCUT2D eigenvalue weighted by molar-refractivity contribution is 6.24. The monoisotopic (exact) mass is 509 g/mol. The fourth-order valence-electron chi connectivity index (χ4n) is 5.40. The van der Waals surface area contributed by atoms with Crippen LogP contribution >= 0.6 is 0 Å². The zero-order valence-corrected chi connectivity index (χ0v) is 24.0. The molecule has 1 aliphatic carbocycles. The van der Waals surface area contributed by atoms with Gasteiger partial charge < -0.3 is 5.32 Å². The molecule has 0 unspecified atom stereocenters. The molecule has 0 saturated heterocycles. The molecule has 0 aliphatic heterocycles. The summed E-state index contributed by atoms with van der Waals surface area (Å²) in [5.41, 5.74) is 1.49. The van der Waals surface area contributed by atoms with Gasteiger partial charge in [-0.1, -0.05) is 166 Å². The van der Waals surface area contributed by atoms with Crippen molar-refractivity contribution in [2.75, 3.05) is 6.54 Å². The van der Waals surface area contributed by atoms with Gasteiger partial charge in [0, 0.05) is 23.7 Å². The minimum atomic E-state index is -0.0771. The van der Waals surface area contributed by atoms with E-state index in [2.05, 4.69) is 12.2 Å². The van der Waals surface area contributed by atoms with Crippen molar-refractivity contribution in [2.45, 2.75) is 148 Å². The predicted molar refractivity (Wildman–Crippen MR) is 158 cm³/mol. The van der Waals surface area contributed by atoms with Crippen molar-refractivity contribution < 1.29 is 9.59 Å². The highest BCUT2D eigenvalue weighted by atomic mass is 16.1. The molecule has 0 amide bonds. The van der Waals surface area contributed by atoms with Gasteiger partial charge in [-0.05, 0) is 6.42 Å². The van der Waals surface area contributed by atoms with E-state index in [-0.39, 0.29) is 11.6 Å². The van der Waals surface area contributed by atoms with Gasteiger partial charge in [0.2, 0.25) is 5.78 Å². The number of hydrogen-bond acceptors (Lipinski definition) is 3. The van der Waals surface area contributed by atoms with Crippen molar-refractivity contribution in [3.63, 3.8) is 0 Å². The van der Waals surface area contributed by atoms with Crippen LogP contribution in [0, 0.1) is 0 Å². The van der Waals surface area contributed by atoms with E-state index in [1.54, 1.807) is 18.2 Å². The number of unbranched alkanes of at least 4 members (excludes halogenated alkanes) is 21. The summed E-state index contributed by atoms with van der Waals surface area (Å²) >= 11 is 0. The Hall–Kier alpha value is -1.90. The lowest BCUT2D eigenvalue weighted by Crippen LogP contribution is -2.27. The Bertz CT molecular complexity index is 782. The van der Waals surface area contributed by atoms with Gasteiger partial charge in [-0.15, -0.1) is 0 Å². The first-order valence-electron chi connectivity index (χ1n) is 15.9. The normalized spacial score (nSPS) is 13.1. The second kappa shape index (κ2) is 21.1. The molecule has 1 N–H and O–H groups in total. The van der Waals surface area contributed by atoms with Crippen molar-refractivity contribution in [2.24, 2.45) is 0 Å². The van der Waals surface area contributed by atoms with Gasteiger partial charge >= 0.3 is 0 Å². The van der Waals surface area contributed by atoms with E-state index in [0.717, 1.165) is 13.0 Å². The third-order valence-electron chi connectivity index (χ3n) is 7.80. The summed E-state index contributed by atoms with van der Waals surface area (Å²) in [7, 11) is 0. The van der Waals surface area contributed by atoms with Crippen LogP contribution in [0.4, 0.5) is 0 Å². The maximum Gasteiger partial charge on any atom is 0.209 e. The number of rotatable bonds is 24. The minimum Gasteiger partial charge on any atom is -0.382 e. The van der Waals surface area contributed by atoms with Crippen molar-refractivity contribution in [1.29, 1.82) is 0 Å². The number of ketones is 2. The number of nitrogens with one attached hydrogen (secondary N) is 1. The van der Waals surface area contributed by atoms with E-state index >= 15 is 0 Å². The lowest BCUT2D eigenvalue weighted by molar-refractivity contribution is 0.0978. The first-order chi connectivity index (χ1) is 18.2. The lowest BCUT2D eigenvalue weighted by Gasteiger charge is -2.16. The van der Waals surface area contributed by atoms with Crippen LogP contribution in [-0.2, 0) is 0 Å². The van der Waals surface area contributed by atoms with Gasteiger partial charge in [0.15, 0.2) is 5.78 Å². The second-order valence-corrected chi connectivity index (χ2v) is 11.1. The van der Waals surface area contributed by atoms with E-state index in [9.17, 15) is 9.59 Å². The molecular weight excluding hydrogens is 454 g/mol. The van der Waals surface area contributed by atoms with Crippen molar-refractivity contribution in [3.8, 4) is 0 Å². The lowest BCUT2D eigenvalue weighted by atomic mass is 9.93. The maximum absolute atomic E-state index is 12.5. The molecule has 37 heavy (non-hydrogen) atoms. The smallest absolute Gasteiger partial charge is 0.209 e. The molecule has 0 saturated carbocycles. The molecule has 3 nitrogen and oxygen atoms in total. The Kier molecular flexibility index (Phi) is 17.8. The number of benzene rings is 1. The van der Waals surface area contributed by atoms with Crippen molar-refractivity contribution >= 4 is 11.6 Å². The highest BCUT2D eigenvalue weighted by Gasteiger charge is 2.24. The fourth-order valence-corrected chi connectivity index (χ4v) is 5.40. The average Bonchev–Trinajstić information content (AvgIpc) is 2.91. The number of hydrogen-bond donors (Lipinski definition) is 1. The Morgan fingerprint density at radius 3 is 1.32 bits per heavy atom. The van der Waals surface area contributed by atoms with Gasteiger partial charge in [0.1, 0.15) is 0 Å². The SMILES string of the molecule is CCCCCCCCCCCCCCCCCCCCCCCCNC1=CC(=O)c2ccccc2C1=O. The summed E-state index contributed by atoms with van der Waals surface area (Å²) in [6.45, 7) is 3.05. The largest absolute Gasteiger partial charge is 0.382 e. The molecule has 1 aliphatic rings. The van der Waals surface area contributed by atoms with Crippen molar-refractivity contribution in [1.82, 2.24) is 5.32 Å². The molecule has 0 radical (unpaired) electrons. The van der Waals surface area contributed by atoms with Crippen LogP contribution in [0.5, 0.6) is 0 Å². The Morgan fingerprint density at radius 2 is 0.892 bits per heavy atom. The highest BCUT2D eigenvalue weighted by Crippen LogP contribution is 2.20. The molecule has 0 fully saturated rings. The summed E-state index contributed by atoms with van der Waals surface area (Å²) < 4.78 is 0. The van der Waals surface area contributed by atoms with E-state index in [1.807, 2.05) is 6.07 Å². The molecular formula is C34H55NO2. The molecule has 3 heteroatoms. The molecule has 0 aromatic heterocycles. The third-order valence-corrected chi connectivity index (χ3v) is 7.80. The van der Waals surface area contributed by atoms with E-state index < -0.39 is 0 Å². The first-order valence-corrected chi connectivity index (χ1v) is 15.9. The Morgan fingerprint density at radius 1 is 0.514 bits per heavy atom. The molecule has 208 valence electrons. The minimum absolute atomic E-state index is 0.0611. The molecule has 1 aromatic carbocycles. The standard InChI is InChI=1S/C34H55NO2/c1-2-3-4-5-6-7-8-9-10-11-12-13-14-15-16-17-18-19-20-21-22-25-28-35-32-29-33(36)30-26-23-24-27-31(30)34(32)37/h23-24,26-27,29,35H,2-22,25,28H2,1H3. The summed E-state index contributed by atoms with van der Waals surface area (Å²) in [5.74, 6) is -0.138. The maximum atomic E-state index is 12.5. The zero-order chi connectivity index (χ0) is 26.4. The van der Waals surface area contributed by atoms with Gasteiger partial charge in [-0.2, -0.15) is 0 Å². The molecule has 2 rings (SSSR count). The van der Waals surface area contributed by atoms with Crippen LogP contribution in [0.15, 0.2) is 36.0 Å². The van der Waals surface area contributed by atoms with Crippen LogP contribution in [0.1, 0.15) is 169 Å². The van der Waals surface area contributed by atoms with Crippen LogP contribution in [0.25, 0.3) is 0 Å². The molecule has 1 aromatic rings. The number of carbonyl (C=O) groups excluding carboxylic acids is 2. The molecule has 0 atom stereocenters. The molecule has 0 spiro atoms. The topological polar surface area (TPSA) is 46.2 Å². The Balaban J connectivity index is 1.29. The van der Waals surface area contributed by atoms with Crippen LogP contribution in [0.3, 0.4) is 0 Å². The van der Waals surface area contributed by atoms with Gasteiger partial charge in [-0.3, -0.25) is 9.59 Å². The first kappa shape index (κ1) is 31.3. The fraction of sp³-hybridized carbons (Fsp3) is 0.706. The third kappa shape index (κ3) is 14.0. The van der Waals surface area contributed by atoms with Crippen molar-refractivity contribution in [3.05, 3.63) is 47.2 Å². The average molecular weight is 510 g/mol. The summed E-state index contributed by atoms with van der Waals surface area (Å²) in [6, 6.07) is 7.08.